The number of aliphatic hydroxyl groups is 1. The lowest BCUT2D eigenvalue weighted by atomic mass is 9.92. The van der Waals surface area contributed by atoms with Crippen LogP contribution in [0.3, 0.4) is 0 Å². The number of rotatable bonds is 3. The van der Waals surface area contributed by atoms with Crippen LogP contribution in [0.1, 0.15) is 41.5 Å². The number of benzene rings is 1. The summed E-state index contributed by atoms with van der Waals surface area (Å²) in [5.74, 6) is -0.395. The normalized spacial score (nSPS) is 16.9. The monoisotopic (exact) mass is 345 g/mol. The Kier molecular flexibility index (Phi) is 4.90. The third-order valence-corrected chi connectivity index (χ3v) is 4.94. The molecule has 1 aliphatic rings. The van der Waals surface area contributed by atoms with E-state index in [1.165, 1.54) is 6.07 Å². The van der Waals surface area contributed by atoms with Crippen molar-refractivity contribution in [2.24, 2.45) is 5.92 Å². The quantitative estimate of drug-likeness (QED) is 0.931. The van der Waals surface area contributed by atoms with Gasteiger partial charge in [-0.2, -0.15) is 5.10 Å². The number of halogens is 1. The molecule has 3 rings (SSSR count). The summed E-state index contributed by atoms with van der Waals surface area (Å²) in [5.41, 5.74) is 2.35. The van der Waals surface area contributed by atoms with E-state index in [9.17, 15) is 14.3 Å². The third-order valence-electron chi connectivity index (χ3n) is 4.94. The highest BCUT2D eigenvalue weighted by atomic mass is 19.1. The maximum absolute atomic E-state index is 14.6. The minimum absolute atomic E-state index is 0.164. The maximum Gasteiger partial charge on any atom is 0.253 e. The lowest BCUT2D eigenvalue weighted by Gasteiger charge is -2.33. The highest BCUT2D eigenvalue weighted by Crippen LogP contribution is 2.23. The van der Waals surface area contributed by atoms with E-state index in [2.05, 4.69) is 5.10 Å². The molecule has 1 N–H and O–H groups in total. The summed E-state index contributed by atoms with van der Waals surface area (Å²) >= 11 is 0. The van der Waals surface area contributed by atoms with Crippen LogP contribution in [0.15, 0.2) is 24.3 Å². The van der Waals surface area contributed by atoms with Gasteiger partial charge in [0.05, 0.1) is 11.8 Å². The zero-order valence-electron chi connectivity index (χ0n) is 14.9. The molecule has 2 heterocycles. The second-order valence-electron chi connectivity index (χ2n) is 6.88. The first-order valence-electron chi connectivity index (χ1n) is 8.67. The van der Waals surface area contributed by atoms with Crippen molar-refractivity contribution in [2.75, 3.05) is 13.1 Å². The summed E-state index contributed by atoms with van der Waals surface area (Å²) in [6.45, 7) is 6.70. The molecule has 1 unspecified atom stereocenters. The molecule has 0 radical (unpaired) electrons. The number of carbonyl (C=O) groups is 1. The Hall–Kier alpha value is -2.21. The number of piperidine rings is 1. The number of hydrogen-bond donors (Lipinski definition) is 1. The molecular weight excluding hydrogens is 321 g/mol. The number of hydrogen-bond acceptors (Lipinski definition) is 3. The van der Waals surface area contributed by atoms with Gasteiger partial charge in [0, 0.05) is 24.3 Å². The van der Waals surface area contributed by atoms with Gasteiger partial charge in [0.15, 0.2) is 0 Å². The van der Waals surface area contributed by atoms with Gasteiger partial charge < -0.3 is 10.0 Å². The second kappa shape index (κ2) is 6.96. The van der Waals surface area contributed by atoms with Crippen molar-refractivity contribution in [3.63, 3.8) is 0 Å². The molecule has 1 aliphatic heterocycles. The molecule has 25 heavy (non-hydrogen) atoms. The molecule has 2 aromatic rings. The van der Waals surface area contributed by atoms with Crippen LogP contribution in [0.4, 0.5) is 4.39 Å². The Bertz CT molecular complexity index is 777. The van der Waals surface area contributed by atoms with Gasteiger partial charge >= 0.3 is 0 Å². The number of carbonyl (C=O) groups excluding carboxylic acids is 1. The van der Waals surface area contributed by atoms with Crippen molar-refractivity contribution >= 4 is 5.91 Å². The molecule has 0 saturated carbocycles. The summed E-state index contributed by atoms with van der Waals surface area (Å²) in [4.78, 5) is 14.4. The van der Waals surface area contributed by atoms with Crippen molar-refractivity contribution in [2.45, 2.75) is 39.7 Å². The van der Waals surface area contributed by atoms with Crippen molar-refractivity contribution in [1.29, 1.82) is 0 Å². The van der Waals surface area contributed by atoms with Gasteiger partial charge in [-0.25, -0.2) is 9.07 Å². The van der Waals surface area contributed by atoms with Crippen LogP contribution in [-0.2, 0) is 0 Å². The van der Waals surface area contributed by atoms with Crippen LogP contribution in [0.25, 0.3) is 5.69 Å². The van der Waals surface area contributed by atoms with Gasteiger partial charge in [-0.3, -0.25) is 4.79 Å². The Labute approximate surface area is 147 Å². The number of aryl methyl sites for hydroxylation is 2. The van der Waals surface area contributed by atoms with E-state index in [0.717, 1.165) is 24.2 Å². The van der Waals surface area contributed by atoms with Crippen molar-refractivity contribution in [1.82, 2.24) is 14.7 Å². The van der Waals surface area contributed by atoms with Crippen LogP contribution >= 0.6 is 0 Å². The Morgan fingerprint density at radius 2 is 1.96 bits per heavy atom. The smallest absolute Gasteiger partial charge is 0.253 e. The first-order valence-corrected chi connectivity index (χ1v) is 8.67. The molecular formula is C19H24FN3O2. The summed E-state index contributed by atoms with van der Waals surface area (Å²) in [7, 11) is 0. The lowest BCUT2D eigenvalue weighted by molar-refractivity contribution is 0.0521. The molecule has 134 valence electrons. The van der Waals surface area contributed by atoms with Crippen molar-refractivity contribution in [3.8, 4) is 5.69 Å². The Morgan fingerprint density at radius 1 is 1.28 bits per heavy atom. The van der Waals surface area contributed by atoms with E-state index in [-0.39, 0.29) is 17.9 Å². The standard InChI is InChI=1S/C19H24FN3O2/c1-12-10-13(2)23(21-12)18-5-4-16(11-17(18)20)19(25)22-8-6-15(7-9-22)14(3)24/h4-5,10-11,14-15,24H,6-9H2,1-3H3. The topological polar surface area (TPSA) is 58.4 Å². The molecule has 5 nitrogen and oxygen atoms in total. The fraction of sp³-hybridized carbons (Fsp3) is 0.474. The zero-order chi connectivity index (χ0) is 18.1. The van der Waals surface area contributed by atoms with Gasteiger partial charge in [0.2, 0.25) is 0 Å². The van der Waals surface area contributed by atoms with Crippen LogP contribution in [0.2, 0.25) is 0 Å². The molecule has 1 amide bonds. The van der Waals surface area contributed by atoms with Crippen LogP contribution in [0.5, 0.6) is 0 Å². The fourth-order valence-corrected chi connectivity index (χ4v) is 3.45. The van der Waals surface area contributed by atoms with E-state index < -0.39 is 5.82 Å². The highest BCUT2D eigenvalue weighted by Gasteiger charge is 2.26. The van der Waals surface area contributed by atoms with E-state index >= 15 is 0 Å². The molecule has 1 aromatic heterocycles. The largest absolute Gasteiger partial charge is 0.393 e. The Morgan fingerprint density at radius 3 is 2.48 bits per heavy atom. The molecule has 1 aromatic carbocycles. The molecule has 6 heteroatoms. The predicted octanol–water partition coefficient (Wildman–Crippen LogP) is 2.86. The summed E-state index contributed by atoms with van der Waals surface area (Å²) in [6.07, 6.45) is 1.19. The third kappa shape index (κ3) is 3.58. The molecule has 1 saturated heterocycles. The van der Waals surface area contributed by atoms with Crippen molar-refractivity contribution in [3.05, 3.63) is 47.0 Å². The number of amides is 1. The van der Waals surface area contributed by atoms with Crippen LogP contribution in [-0.4, -0.2) is 44.9 Å². The number of aromatic nitrogens is 2. The molecule has 0 aliphatic carbocycles. The summed E-state index contributed by atoms with van der Waals surface area (Å²) < 4.78 is 16.1. The first-order chi connectivity index (χ1) is 11.9. The van der Waals surface area contributed by atoms with Crippen LogP contribution in [0, 0.1) is 25.6 Å². The number of likely N-dealkylation sites (tertiary alicyclic amines) is 1. The van der Waals surface area contributed by atoms with Crippen LogP contribution < -0.4 is 0 Å². The summed E-state index contributed by atoms with van der Waals surface area (Å²) in [6, 6.07) is 6.42. The SMILES string of the molecule is Cc1cc(C)n(-c2ccc(C(=O)N3CCC(C(C)O)CC3)cc2F)n1. The van der Waals surface area contributed by atoms with E-state index in [4.69, 9.17) is 0 Å². The average Bonchev–Trinajstić information content (AvgIpc) is 2.92. The molecule has 1 atom stereocenters. The van der Waals surface area contributed by atoms with Gasteiger partial charge in [0.25, 0.3) is 5.91 Å². The number of aliphatic hydroxyl groups excluding tert-OH is 1. The molecule has 0 bridgehead atoms. The van der Waals surface area contributed by atoms with Gasteiger partial charge in [-0.05, 0) is 63.8 Å². The van der Waals surface area contributed by atoms with Gasteiger partial charge in [-0.1, -0.05) is 0 Å². The second-order valence-corrected chi connectivity index (χ2v) is 6.88. The van der Waals surface area contributed by atoms with E-state index in [1.54, 1.807) is 28.6 Å². The first kappa shape index (κ1) is 17.6. The van der Waals surface area contributed by atoms with E-state index in [0.29, 0.717) is 24.3 Å². The van der Waals surface area contributed by atoms with Gasteiger partial charge in [0.1, 0.15) is 11.5 Å². The van der Waals surface area contributed by atoms with E-state index in [1.807, 2.05) is 19.9 Å². The minimum atomic E-state index is -0.462. The Balaban J connectivity index is 1.77. The molecule has 1 fully saturated rings. The number of nitrogens with zero attached hydrogens (tertiary/aromatic N) is 3. The van der Waals surface area contributed by atoms with Crippen molar-refractivity contribution < 1.29 is 14.3 Å². The lowest BCUT2D eigenvalue weighted by Crippen LogP contribution is -2.40. The summed E-state index contributed by atoms with van der Waals surface area (Å²) in [5, 5.41) is 13.9. The zero-order valence-corrected chi connectivity index (χ0v) is 14.9. The average molecular weight is 345 g/mol. The highest BCUT2D eigenvalue weighted by molar-refractivity contribution is 5.94. The minimum Gasteiger partial charge on any atom is -0.393 e. The maximum atomic E-state index is 14.6. The predicted molar refractivity (Wildman–Crippen MR) is 93.3 cm³/mol. The molecule has 0 spiro atoms. The fourth-order valence-electron chi connectivity index (χ4n) is 3.45. The van der Waals surface area contributed by atoms with Gasteiger partial charge in [-0.15, -0.1) is 0 Å².